The molecule has 1 saturated heterocycles. The van der Waals surface area contributed by atoms with Gasteiger partial charge in [0.2, 0.25) is 5.91 Å². The van der Waals surface area contributed by atoms with Gasteiger partial charge in [-0.15, -0.1) is 0 Å². The number of ether oxygens (including phenoxy) is 4. The van der Waals surface area contributed by atoms with Gasteiger partial charge in [-0.05, 0) is 66.1 Å². The number of pyridine rings is 1. The molecule has 1 amide bonds. The maximum atomic E-state index is 15.0. The monoisotopic (exact) mass is 588 g/mol. The maximum absolute atomic E-state index is 15.0. The molecule has 0 radical (unpaired) electrons. The Balaban J connectivity index is 1.20. The van der Waals surface area contributed by atoms with Crippen molar-refractivity contribution in [1.29, 1.82) is 0 Å². The van der Waals surface area contributed by atoms with E-state index in [1.165, 1.54) is 30.5 Å². The molecule has 10 nitrogen and oxygen atoms in total. The zero-order valence-corrected chi connectivity index (χ0v) is 23.8. The SMILES string of the molecule is COc1cc2c(Oc3ccc(CC(=O)N/N=C/c4ccc(O)cc4)cc3F)ccnc2cc1OCCCN1CCOCC1. The quantitative estimate of drug-likeness (QED) is 0.139. The number of hydrogen-bond acceptors (Lipinski definition) is 9. The van der Waals surface area contributed by atoms with Gasteiger partial charge in [0.25, 0.3) is 0 Å². The van der Waals surface area contributed by atoms with E-state index in [0.29, 0.717) is 45.9 Å². The van der Waals surface area contributed by atoms with Crippen LogP contribution in [0.3, 0.4) is 0 Å². The second-order valence-electron chi connectivity index (χ2n) is 9.91. The van der Waals surface area contributed by atoms with E-state index in [0.717, 1.165) is 39.3 Å². The van der Waals surface area contributed by atoms with Gasteiger partial charge in [-0.1, -0.05) is 6.07 Å². The second-order valence-corrected chi connectivity index (χ2v) is 9.91. The van der Waals surface area contributed by atoms with Gasteiger partial charge in [0.1, 0.15) is 11.5 Å². The van der Waals surface area contributed by atoms with Crippen molar-refractivity contribution in [3.63, 3.8) is 0 Å². The number of aromatic hydroxyl groups is 1. The first-order valence-corrected chi connectivity index (χ1v) is 14.0. The number of benzene rings is 3. The van der Waals surface area contributed by atoms with Crippen LogP contribution in [0.4, 0.5) is 4.39 Å². The van der Waals surface area contributed by atoms with Gasteiger partial charge in [-0.3, -0.25) is 14.7 Å². The molecule has 4 aromatic rings. The minimum absolute atomic E-state index is 0.00409. The molecular weight excluding hydrogens is 555 g/mol. The van der Waals surface area contributed by atoms with Crippen LogP contribution < -0.4 is 19.6 Å². The van der Waals surface area contributed by atoms with Crippen molar-refractivity contribution in [1.82, 2.24) is 15.3 Å². The Bertz CT molecular complexity index is 1570. The summed E-state index contributed by atoms with van der Waals surface area (Å²) in [5.41, 5.74) is 4.19. The summed E-state index contributed by atoms with van der Waals surface area (Å²) in [5.74, 6) is 0.607. The Morgan fingerprint density at radius 3 is 2.65 bits per heavy atom. The van der Waals surface area contributed by atoms with Crippen molar-refractivity contribution in [2.45, 2.75) is 12.8 Å². The van der Waals surface area contributed by atoms with Crippen molar-refractivity contribution >= 4 is 23.0 Å². The van der Waals surface area contributed by atoms with Crippen LogP contribution in [0.2, 0.25) is 0 Å². The lowest BCUT2D eigenvalue weighted by Crippen LogP contribution is -2.37. The Kier molecular flexibility index (Phi) is 9.98. The van der Waals surface area contributed by atoms with E-state index in [9.17, 15) is 9.90 Å². The predicted molar refractivity (Wildman–Crippen MR) is 160 cm³/mol. The normalized spacial score (nSPS) is 13.7. The zero-order chi connectivity index (χ0) is 30.0. The average molecular weight is 589 g/mol. The van der Waals surface area contributed by atoms with Crippen LogP contribution in [0.1, 0.15) is 17.5 Å². The molecule has 2 heterocycles. The fourth-order valence-corrected chi connectivity index (χ4v) is 4.60. The summed E-state index contributed by atoms with van der Waals surface area (Å²) in [6.45, 7) is 4.85. The molecule has 43 heavy (non-hydrogen) atoms. The fourth-order valence-electron chi connectivity index (χ4n) is 4.60. The minimum atomic E-state index is -0.616. The van der Waals surface area contributed by atoms with E-state index < -0.39 is 11.7 Å². The van der Waals surface area contributed by atoms with Crippen molar-refractivity contribution in [3.05, 3.63) is 83.8 Å². The number of rotatable bonds is 12. The van der Waals surface area contributed by atoms with Gasteiger partial charge < -0.3 is 24.1 Å². The average Bonchev–Trinajstić information content (AvgIpc) is 3.02. The summed E-state index contributed by atoms with van der Waals surface area (Å²) < 4.78 is 38.0. The van der Waals surface area contributed by atoms with Gasteiger partial charge >= 0.3 is 0 Å². The number of halogens is 1. The first kappa shape index (κ1) is 29.7. The number of nitrogens with zero attached hydrogens (tertiary/aromatic N) is 3. The van der Waals surface area contributed by atoms with Crippen LogP contribution in [0.5, 0.6) is 28.7 Å². The number of hydrogen-bond donors (Lipinski definition) is 2. The molecule has 1 aromatic heterocycles. The number of methoxy groups -OCH3 is 1. The molecule has 1 aliphatic heterocycles. The van der Waals surface area contributed by atoms with Gasteiger partial charge in [0.15, 0.2) is 23.1 Å². The van der Waals surface area contributed by atoms with Crippen LogP contribution >= 0.6 is 0 Å². The number of carbonyl (C=O) groups excluding carboxylic acids is 1. The number of phenols is 1. The van der Waals surface area contributed by atoms with Crippen LogP contribution in [-0.2, 0) is 16.0 Å². The van der Waals surface area contributed by atoms with E-state index in [-0.39, 0.29) is 17.9 Å². The van der Waals surface area contributed by atoms with Gasteiger partial charge in [0, 0.05) is 37.3 Å². The number of morpholine rings is 1. The molecule has 0 bridgehead atoms. The second kappa shape index (κ2) is 14.4. The standard InChI is InChI=1S/C32H33FN4O6/c1-40-30-19-25-27(20-31(30)42-14-2-11-37-12-15-41-16-13-37)34-10-9-28(25)43-29-8-5-23(17-26(29)33)18-32(39)36-35-21-22-3-6-24(38)7-4-22/h3-10,17,19-21,38H,2,11-16,18H2,1H3,(H,36,39)/b35-21+. The smallest absolute Gasteiger partial charge is 0.244 e. The lowest BCUT2D eigenvalue weighted by atomic mass is 10.1. The highest BCUT2D eigenvalue weighted by atomic mass is 19.1. The van der Waals surface area contributed by atoms with Gasteiger partial charge in [-0.25, -0.2) is 9.82 Å². The highest BCUT2D eigenvalue weighted by molar-refractivity contribution is 5.88. The number of amides is 1. The Morgan fingerprint density at radius 1 is 1.07 bits per heavy atom. The van der Waals surface area contributed by atoms with Crippen LogP contribution in [-0.4, -0.2) is 73.7 Å². The molecule has 1 aliphatic rings. The van der Waals surface area contributed by atoms with Crippen molar-refractivity contribution in [2.24, 2.45) is 5.10 Å². The third-order valence-electron chi connectivity index (χ3n) is 6.84. The molecule has 0 spiro atoms. The first-order chi connectivity index (χ1) is 21.0. The molecule has 3 aromatic carbocycles. The van der Waals surface area contributed by atoms with Crippen LogP contribution in [0, 0.1) is 5.82 Å². The third-order valence-corrected chi connectivity index (χ3v) is 6.84. The molecule has 0 aliphatic carbocycles. The lowest BCUT2D eigenvalue weighted by molar-refractivity contribution is -0.120. The summed E-state index contributed by atoms with van der Waals surface area (Å²) in [5, 5.41) is 13.9. The van der Waals surface area contributed by atoms with Crippen LogP contribution in [0.15, 0.2) is 72.0 Å². The molecule has 0 saturated carbocycles. The molecule has 224 valence electrons. The van der Waals surface area contributed by atoms with E-state index in [4.69, 9.17) is 18.9 Å². The number of nitrogens with one attached hydrogen (secondary N) is 1. The third kappa shape index (κ3) is 8.18. The van der Waals surface area contributed by atoms with E-state index in [1.807, 2.05) is 0 Å². The predicted octanol–water partition coefficient (Wildman–Crippen LogP) is 4.67. The highest BCUT2D eigenvalue weighted by Crippen LogP contribution is 2.37. The highest BCUT2D eigenvalue weighted by Gasteiger charge is 2.15. The number of phenolic OH excluding ortho intramolecular Hbond substituents is 1. The number of fused-ring (bicyclic) bond motifs is 1. The van der Waals surface area contributed by atoms with Crippen molar-refractivity contribution in [3.8, 4) is 28.7 Å². The van der Waals surface area contributed by atoms with Gasteiger partial charge in [-0.2, -0.15) is 5.10 Å². The molecule has 11 heteroatoms. The van der Waals surface area contributed by atoms with Crippen molar-refractivity contribution in [2.75, 3.05) is 46.6 Å². The van der Waals surface area contributed by atoms with Crippen LogP contribution in [0.25, 0.3) is 10.9 Å². The van der Waals surface area contributed by atoms with Gasteiger partial charge in [0.05, 0.1) is 45.1 Å². The number of carbonyl (C=O) groups is 1. The Morgan fingerprint density at radius 2 is 1.88 bits per heavy atom. The molecule has 0 atom stereocenters. The fraction of sp³-hybridized carbons (Fsp3) is 0.281. The minimum Gasteiger partial charge on any atom is -0.508 e. The topological polar surface area (TPSA) is 115 Å². The molecule has 5 rings (SSSR count). The molecule has 1 fully saturated rings. The summed E-state index contributed by atoms with van der Waals surface area (Å²) in [4.78, 5) is 19.1. The maximum Gasteiger partial charge on any atom is 0.244 e. The molecular formula is C32H33FN4O6. The van der Waals surface area contributed by atoms with E-state index >= 15 is 4.39 Å². The number of hydrazone groups is 1. The van der Waals surface area contributed by atoms with Crippen molar-refractivity contribution < 1.29 is 33.2 Å². The summed E-state index contributed by atoms with van der Waals surface area (Å²) >= 11 is 0. The largest absolute Gasteiger partial charge is 0.508 e. The Hall–Kier alpha value is -4.74. The first-order valence-electron chi connectivity index (χ1n) is 14.0. The van der Waals surface area contributed by atoms with E-state index in [2.05, 4.69) is 20.4 Å². The number of aromatic nitrogens is 1. The molecule has 0 unspecified atom stereocenters. The summed E-state index contributed by atoms with van der Waals surface area (Å²) in [7, 11) is 1.56. The Labute approximate surface area is 248 Å². The summed E-state index contributed by atoms with van der Waals surface area (Å²) in [6.07, 6.45) is 3.82. The van der Waals surface area contributed by atoms with E-state index in [1.54, 1.807) is 49.7 Å². The molecule has 2 N–H and O–H groups in total. The summed E-state index contributed by atoms with van der Waals surface area (Å²) in [6, 6.07) is 15.9. The zero-order valence-electron chi connectivity index (χ0n) is 23.8. The lowest BCUT2D eigenvalue weighted by Gasteiger charge is -2.26.